The third-order valence-electron chi connectivity index (χ3n) is 1.74. The second kappa shape index (κ2) is 14.7. The maximum atomic E-state index is 10.1. The molecule has 0 amide bonds. The van der Waals surface area contributed by atoms with Crippen LogP contribution in [0, 0.1) is 0 Å². The first kappa shape index (κ1) is 15.6. The molecule has 0 aliphatic heterocycles. The van der Waals surface area contributed by atoms with Crippen LogP contribution in [0.25, 0.3) is 0 Å². The third-order valence-corrected chi connectivity index (χ3v) is 1.74. The molecule has 0 aromatic heterocycles. The quantitative estimate of drug-likeness (QED) is 0.510. The molecule has 0 unspecified atom stereocenters. The van der Waals surface area contributed by atoms with Crippen molar-refractivity contribution in [1.82, 2.24) is 0 Å². The van der Waals surface area contributed by atoms with Crippen LogP contribution in [0.1, 0.15) is 58.8 Å². The Morgan fingerprint density at radius 2 is 1.57 bits per heavy atom. The predicted octanol–water partition coefficient (Wildman–Crippen LogP) is 3.03. The van der Waals surface area contributed by atoms with E-state index < -0.39 is 5.97 Å². The van der Waals surface area contributed by atoms with Gasteiger partial charge in [-0.15, -0.1) is 0 Å². The Kier molecular flexibility index (Phi) is 16.3. The largest absolute Gasteiger partial charge is 0.481 e. The summed E-state index contributed by atoms with van der Waals surface area (Å²) in [6, 6.07) is 0. The van der Waals surface area contributed by atoms with Gasteiger partial charge in [-0.2, -0.15) is 0 Å². The SMILES string of the molecule is CC=O.CCCCCCCCC(=O)O. The van der Waals surface area contributed by atoms with E-state index in [-0.39, 0.29) is 0 Å². The second-order valence-corrected chi connectivity index (χ2v) is 3.15. The minimum Gasteiger partial charge on any atom is -0.481 e. The van der Waals surface area contributed by atoms with E-state index >= 15 is 0 Å². The molecule has 0 bridgehead atoms. The second-order valence-electron chi connectivity index (χ2n) is 3.15. The molecule has 0 spiro atoms. The number of hydrogen-bond acceptors (Lipinski definition) is 2. The summed E-state index contributed by atoms with van der Waals surface area (Å²) >= 11 is 0. The molecule has 0 aliphatic carbocycles. The molecule has 0 radical (unpaired) electrons. The highest BCUT2D eigenvalue weighted by Gasteiger charge is 1.95. The Balaban J connectivity index is 0. The summed E-state index contributed by atoms with van der Waals surface area (Å²) in [5.41, 5.74) is 0. The Morgan fingerprint density at radius 1 is 1.14 bits per heavy atom. The van der Waals surface area contributed by atoms with E-state index in [0.717, 1.165) is 19.1 Å². The third kappa shape index (κ3) is 22.5. The summed E-state index contributed by atoms with van der Waals surface area (Å²) in [7, 11) is 0. The summed E-state index contributed by atoms with van der Waals surface area (Å²) in [4.78, 5) is 18.9. The van der Waals surface area contributed by atoms with Crippen LogP contribution in [0.3, 0.4) is 0 Å². The van der Waals surface area contributed by atoms with Crippen molar-refractivity contribution in [1.29, 1.82) is 0 Å². The van der Waals surface area contributed by atoms with Crippen LogP contribution in [-0.4, -0.2) is 17.4 Å². The lowest BCUT2D eigenvalue weighted by atomic mass is 10.1. The molecule has 0 saturated carbocycles. The van der Waals surface area contributed by atoms with Crippen molar-refractivity contribution in [3.63, 3.8) is 0 Å². The zero-order chi connectivity index (χ0) is 11.2. The molecule has 0 aromatic carbocycles. The average molecular weight is 202 g/mol. The van der Waals surface area contributed by atoms with Crippen LogP contribution in [0.4, 0.5) is 0 Å². The van der Waals surface area contributed by atoms with Crippen molar-refractivity contribution in [3.8, 4) is 0 Å². The van der Waals surface area contributed by atoms with Gasteiger partial charge in [0.1, 0.15) is 6.29 Å². The molecule has 0 aromatic rings. The van der Waals surface area contributed by atoms with Gasteiger partial charge >= 0.3 is 5.97 Å². The van der Waals surface area contributed by atoms with Gasteiger partial charge in [0.15, 0.2) is 0 Å². The molecule has 0 atom stereocenters. The van der Waals surface area contributed by atoms with Crippen LogP contribution >= 0.6 is 0 Å². The Hall–Kier alpha value is -0.860. The first-order valence-corrected chi connectivity index (χ1v) is 5.30. The molecule has 84 valence electrons. The smallest absolute Gasteiger partial charge is 0.303 e. The minimum absolute atomic E-state index is 0.339. The molecule has 0 saturated heterocycles. The highest BCUT2D eigenvalue weighted by atomic mass is 16.4. The molecule has 0 fully saturated rings. The maximum Gasteiger partial charge on any atom is 0.303 e. The van der Waals surface area contributed by atoms with Gasteiger partial charge in [0.2, 0.25) is 0 Å². The van der Waals surface area contributed by atoms with Gasteiger partial charge < -0.3 is 9.90 Å². The lowest BCUT2D eigenvalue weighted by Crippen LogP contribution is -1.93. The van der Waals surface area contributed by atoms with Crippen LogP contribution in [-0.2, 0) is 9.59 Å². The van der Waals surface area contributed by atoms with Crippen LogP contribution in [0.15, 0.2) is 0 Å². The number of hydrogen-bond donors (Lipinski definition) is 1. The first-order chi connectivity index (χ1) is 6.68. The average Bonchev–Trinajstić information content (AvgIpc) is 2.12. The van der Waals surface area contributed by atoms with Gasteiger partial charge in [-0.3, -0.25) is 4.79 Å². The standard InChI is InChI=1S/C9H18O2.C2H4O/c1-2-3-4-5-6-7-8-9(10)11;1-2-3/h2-8H2,1H3,(H,10,11);2H,1H3. The summed E-state index contributed by atoms with van der Waals surface area (Å²) < 4.78 is 0. The van der Waals surface area contributed by atoms with Gasteiger partial charge in [-0.1, -0.05) is 39.0 Å². The minimum atomic E-state index is -0.666. The lowest BCUT2D eigenvalue weighted by Gasteiger charge is -1.97. The van der Waals surface area contributed by atoms with Crippen molar-refractivity contribution < 1.29 is 14.7 Å². The predicted molar refractivity (Wildman–Crippen MR) is 57.4 cm³/mol. The van der Waals surface area contributed by atoms with Crippen molar-refractivity contribution in [2.24, 2.45) is 0 Å². The number of carbonyl (C=O) groups excluding carboxylic acids is 1. The van der Waals surface area contributed by atoms with Gasteiger partial charge in [-0.25, -0.2) is 0 Å². The highest BCUT2D eigenvalue weighted by molar-refractivity contribution is 5.66. The summed E-state index contributed by atoms with van der Waals surface area (Å²) in [6.45, 7) is 3.62. The van der Waals surface area contributed by atoms with Crippen molar-refractivity contribution >= 4 is 12.3 Å². The van der Waals surface area contributed by atoms with Crippen LogP contribution in [0.2, 0.25) is 0 Å². The van der Waals surface area contributed by atoms with E-state index in [1.807, 2.05) is 0 Å². The summed E-state index contributed by atoms with van der Waals surface area (Å²) in [5, 5.41) is 8.32. The number of unbranched alkanes of at least 4 members (excludes halogenated alkanes) is 5. The maximum absolute atomic E-state index is 10.1. The fraction of sp³-hybridized carbons (Fsp3) is 0.818. The van der Waals surface area contributed by atoms with Gasteiger partial charge in [0.25, 0.3) is 0 Å². The topological polar surface area (TPSA) is 54.4 Å². The molecule has 3 nitrogen and oxygen atoms in total. The van der Waals surface area contributed by atoms with Crippen LogP contribution < -0.4 is 0 Å². The number of aliphatic carboxylic acids is 1. The Bertz CT molecular complexity index is 132. The molecule has 3 heteroatoms. The molecular formula is C11H22O3. The normalized spacial score (nSPS) is 8.71. The molecule has 0 rings (SSSR count). The summed E-state index contributed by atoms with van der Waals surface area (Å²) in [5.74, 6) is -0.666. The zero-order valence-corrected chi connectivity index (χ0v) is 9.29. The van der Waals surface area contributed by atoms with E-state index in [2.05, 4.69) is 6.92 Å². The summed E-state index contributed by atoms with van der Waals surface area (Å²) in [6.07, 6.45) is 8.00. The Labute approximate surface area is 86.5 Å². The first-order valence-electron chi connectivity index (χ1n) is 5.30. The van der Waals surface area contributed by atoms with Crippen molar-refractivity contribution in [3.05, 3.63) is 0 Å². The molecular weight excluding hydrogens is 180 g/mol. The number of aldehydes is 1. The fourth-order valence-corrected chi connectivity index (χ4v) is 1.06. The van der Waals surface area contributed by atoms with E-state index in [0.29, 0.717) is 6.42 Å². The van der Waals surface area contributed by atoms with E-state index in [1.165, 1.54) is 32.6 Å². The van der Waals surface area contributed by atoms with Crippen molar-refractivity contribution in [2.75, 3.05) is 0 Å². The lowest BCUT2D eigenvalue weighted by molar-refractivity contribution is -0.137. The zero-order valence-electron chi connectivity index (χ0n) is 9.29. The monoisotopic (exact) mass is 202 g/mol. The van der Waals surface area contributed by atoms with E-state index in [1.54, 1.807) is 0 Å². The number of carboxylic acid groups (broad SMARTS) is 1. The molecule has 0 heterocycles. The molecule has 14 heavy (non-hydrogen) atoms. The van der Waals surface area contributed by atoms with E-state index in [9.17, 15) is 4.79 Å². The Morgan fingerprint density at radius 3 is 2.00 bits per heavy atom. The van der Waals surface area contributed by atoms with Gasteiger partial charge in [0.05, 0.1) is 0 Å². The molecule has 1 N–H and O–H groups in total. The van der Waals surface area contributed by atoms with Gasteiger partial charge in [0, 0.05) is 6.42 Å². The fourth-order valence-electron chi connectivity index (χ4n) is 1.06. The molecule has 0 aliphatic rings. The number of carboxylic acids is 1. The van der Waals surface area contributed by atoms with Gasteiger partial charge in [-0.05, 0) is 13.3 Å². The van der Waals surface area contributed by atoms with Crippen LogP contribution in [0.5, 0.6) is 0 Å². The highest BCUT2D eigenvalue weighted by Crippen LogP contribution is 2.06. The van der Waals surface area contributed by atoms with E-state index in [4.69, 9.17) is 9.90 Å². The number of carbonyl (C=O) groups is 2. The number of rotatable bonds is 7. The van der Waals surface area contributed by atoms with Crippen molar-refractivity contribution in [2.45, 2.75) is 58.8 Å².